The average Bonchev–Trinajstić information content (AvgIpc) is 2.85. The van der Waals surface area contributed by atoms with Gasteiger partial charge in [-0.1, -0.05) is 49.4 Å². The van der Waals surface area contributed by atoms with Crippen LogP contribution in [0, 0.1) is 18.7 Å². The Morgan fingerprint density at radius 2 is 1.73 bits per heavy atom. The molecule has 0 fully saturated rings. The lowest BCUT2D eigenvalue weighted by molar-refractivity contribution is -0.153. The Morgan fingerprint density at radius 3 is 2.35 bits per heavy atom. The van der Waals surface area contributed by atoms with Gasteiger partial charge in [-0.25, -0.2) is 9.37 Å². The lowest BCUT2D eigenvalue weighted by Crippen LogP contribution is -2.28. The molecular weight excluding hydrogens is 477 g/mol. The van der Waals surface area contributed by atoms with E-state index in [1.807, 2.05) is 36.4 Å². The predicted molar refractivity (Wildman–Crippen MR) is 135 cm³/mol. The lowest BCUT2D eigenvalue weighted by atomic mass is 9.86. The summed E-state index contributed by atoms with van der Waals surface area (Å²) in [5.41, 5.74) is 1.86. The number of hydrogen-bond donors (Lipinski definition) is 0. The Bertz CT molecular complexity index is 1280. The van der Waals surface area contributed by atoms with Crippen molar-refractivity contribution in [3.63, 3.8) is 0 Å². The van der Waals surface area contributed by atoms with E-state index >= 15 is 0 Å². The summed E-state index contributed by atoms with van der Waals surface area (Å²) in [4.78, 5) is 41.6. The molecule has 0 unspecified atom stereocenters. The number of aromatic nitrogens is 1. The van der Waals surface area contributed by atoms with Gasteiger partial charge < -0.3 is 14.2 Å². The van der Waals surface area contributed by atoms with Crippen molar-refractivity contribution in [2.45, 2.75) is 46.1 Å². The number of methoxy groups -OCH3 is 1. The SMILES string of the molecule is COc1ccnc(C(=O)C[C@@H](C)C(=O)O[C@@H](C)[C@H](c2ccccc2)c2ccc(C)cc2F)c1OC(C)=O. The molecule has 37 heavy (non-hydrogen) atoms. The molecule has 0 aliphatic rings. The molecule has 0 N–H and O–H groups in total. The largest absolute Gasteiger partial charge is 0.493 e. The van der Waals surface area contributed by atoms with E-state index in [2.05, 4.69) is 4.98 Å². The molecule has 0 aliphatic heterocycles. The predicted octanol–water partition coefficient (Wildman–Crippen LogP) is 5.44. The Morgan fingerprint density at radius 1 is 1.03 bits per heavy atom. The summed E-state index contributed by atoms with van der Waals surface area (Å²) in [6.07, 6.45) is 0.385. The molecule has 2 aromatic carbocycles. The molecule has 0 saturated carbocycles. The van der Waals surface area contributed by atoms with Crippen molar-refractivity contribution < 1.29 is 33.0 Å². The lowest BCUT2D eigenvalue weighted by Gasteiger charge is -2.26. The first-order valence-electron chi connectivity index (χ1n) is 11.9. The standard InChI is InChI=1S/C29H30FNO6/c1-17-11-12-22(23(30)15-17)26(21-9-7-6-8-10-21)19(3)36-29(34)18(2)16-24(33)27-28(37-20(4)32)25(35-5)13-14-31-27/h6-15,18-19,26H,16H2,1-5H3/t18-,19+,26-/m1/s1. The molecule has 0 amide bonds. The number of carbonyl (C=O) groups is 3. The Hall–Kier alpha value is -4.07. The molecule has 0 aliphatic carbocycles. The van der Waals surface area contributed by atoms with Crippen LogP contribution in [-0.4, -0.2) is 35.9 Å². The zero-order chi connectivity index (χ0) is 27.1. The number of pyridine rings is 1. The summed E-state index contributed by atoms with van der Waals surface area (Å²) < 4.78 is 31.0. The van der Waals surface area contributed by atoms with Crippen LogP contribution < -0.4 is 9.47 Å². The van der Waals surface area contributed by atoms with Gasteiger partial charge in [0.25, 0.3) is 0 Å². The van der Waals surface area contributed by atoms with Crippen molar-refractivity contribution in [2.24, 2.45) is 5.92 Å². The number of carbonyl (C=O) groups excluding carboxylic acids is 3. The number of Topliss-reactive ketones (excluding diaryl/α,β-unsaturated/α-hetero) is 1. The van der Waals surface area contributed by atoms with Crippen LogP contribution in [0.25, 0.3) is 0 Å². The number of aryl methyl sites for hydroxylation is 1. The summed E-state index contributed by atoms with van der Waals surface area (Å²) in [5, 5.41) is 0. The first kappa shape index (κ1) is 27.5. The normalized spacial score (nSPS) is 13.2. The number of halogens is 1. The molecule has 0 saturated heterocycles. The second kappa shape index (κ2) is 12.3. The molecule has 7 nitrogen and oxygen atoms in total. The van der Waals surface area contributed by atoms with E-state index in [-0.39, 0.29) is 29.4 Å². The first-order chi connectivity index (χ1) is 17.6. The van der Waals surface area contributed by atoms with Gasteiger partial charge in [-0.15, -0.1) is 0 Å². The highest BCUT2D eigenvalue weighted by molar-refractivity contribution is 5.99. The molecule has 3 rings (SSSR count). The fraction of sp³-hybridized carbons (Fsp3) is 0.310. The van der Waals surface area contributed by atoms with E-state index in [1.165, 1.54) is 32.4 Å². The Kier molecular flexibility index (Phi) is 9.11. The average molecular weight is 508 g/mol. The fourth-order valence-electron chi connectivity index (χ4n) is 4.11. The Balaban J connectivity index is 1.80. The Labute approximate surface area is 215 Å². The summed E-state index contributed by atoms with van der Waals surface area (Å²) in [5.74, 6) is -3.49. The van der Waals surface area contributed by atoms with Gasteiger partial charge in [0, 0.05) is 31.5 Å². The second-order valence-electron chi connectivity index (χ2n) is 8.87. The van der Waals surface area contributed by atoms with E-state index in [0.29, 0.717) is 5.56 Å². The quantitative estimate of drug-likeness (QED) is 0.267. The van der Waals surface area contributed by atoms with Gasteiger partial charge in [-0.05, 0) is 36.6 Å². The van der Waals surface area contributed by atoms with Gasteiger partial charge in [0.2, 0.25) is 5.75 Å². The van der Waals surface area contributed by atoms with Crippen LogP contribution in [0.2, 0.25) is 0 Å². The third-order valence-electron chi connectivity index (χ3n) is 5.91. The van der Waals surface area contributed by atoms with Crippen molar-refractivity contribution in [2.75, 3.05) is 7.11 Å². The smallest absolute Gasteiger partial charge is 0.309 e. The molecule has 0 radical (unpaired) electrons. The second-order valence-corrected chi connectivity index (χ2v) is 8.87. The van der Waals surface area contributed by atoms with Crippen LogP contribution in [-0.2, 0) is 14.3 Å². The van der Waals surface area contributed by atoms with Crippen molar-refractivity contribution in [3.05, 3.63) is 89.0 Å². The minimum Gasteiger partial charge on any atom is -0.493 e. The third kappa shape index (κ3) is 6.78. The zero-order valence-corrected chi connectivity index (χ0v) is 21.5. The topological polar surface area (TPSA) is 91.8 Å². The monoisotopic (exact) mass is 507 g/mol. The van der Waals surface area contributed by atoms with Gasteiger partial charge in [0.15, 0.2) is 17.2 Å². The summed E-state index contributed by atoms with van der Waals surface area (Å²) in [7, 11) is 1.37. The molecular formula is C29H30FNO6. The van der Waals surface area contributed by atoms with E-state index in [9.17, 15) is 18.8 Å². The number of nitrogens with zero attached hydrogens (tertiary/aromatic N) is 1. The maximum atomic E-state index is 15.0. The molecule has 1 heterocycles. The molecule has 1 aromatic heterocycles. The molecule has 3 atom stereocenters. The molecule has 8 heteroatoms. The number of esters is 2. The van der Waals surface area contributed by atoms with E-state index < -0.39 is 35.7 Å². The number of hydrogen-bond acceptors (Lipinski definition) is 7. The molecule has 0 spiro atoms. The summed E-state index contributed by atoms with van der Waals surface area (Å²) in [6.45, 7) is 6.26. The highest BCUT2D eigenvalue weighted by atomic mass is 19.1. The molecule has 0 bridgehead atoms. The van der Waals surface area contributed by atoms with Crippen molar-refractivity contribution >= 4 is 17.7 Å². The third-order valence-corrected chi connectivity index (χ3v) is 5.91. The van der Waals surface area contributed by atoms with Crippen LogP contribution in [0.4, 0.5) is 4.39 Å². The fourth-order valence-corrected chi connectivity index (χ4v) is 4.11. The number of ether oxygens (including phenoxy) is 3. The van der Waals surface area contributed by atoms with Crippen molar-refractivity contribution in [1.82, 2.24) is 4.98 Å². The van der Waals surface area contributed by atoms with Gasteiger partial charge in [0.05, 0.1) is 13.0 Å². The summed E-state index contributed by atoms with van der Waals surface area (Å²) >= 11 is 0. The highest BCUT2D eigenvalue weighted by Crippen LogP contribution is 2.34. The van der Waals surface area contributed by atoms with Crippen molar-refractivity contribution in [3.8, 4) is 11.5 Å². The van der Waals surface area contributed by atoms with E-state index in [1.54, 1.807) is 26.8 Å². The van der Waals surface area contributed by atoms with E-state index in [4.69, 9.17) is 14.2 Å². The summed E-state index contributed by atoms with van der Waals surface area (Å²) in [6, 6.07) is 15.7. The number of ketones is 1. The van der Waals surface area contributed by atoms with E-state index in [0.717, 1.165) is 11.1 Å². The molecule has 194 valence electrons. The van der Waals surface area contributed by atoms with Crippen molar-refractivity contribution in [1.29, 1.82) is 0 Å². The molecule has 3 aromatic rings. The minimum atomic E-state index is -0.840. The van der Waals surface area contributed by atoms with Gasteiger partial charge in [0.1, 0.15) is 11.9 Å². The van der Waals surface area contributed by atoms with Crippen LogP contribution in [0.3, 0.4) is 0 Å². The van der Waals surface area contributed by atoms with Gasteiger partial charge in [-0.2, -0.15) is 0 Å². The maximum Gasteiger partial charge on any atom is 0.309 e. The maximum absolute atomic E-state index is 15.0. The first-order valence-corrected chi connectivity index (χ1v) is 11.9. The van der Waals surface area contributed by atoms with Crippen LogP contribution in [0.15, 0.2) is 60.8 Å². The zero-order valence-electron chi connectivity index (χ0n) is 21.5. The van der Waals surface area contributed by atoms with Crippen LogP contribution >= 0.6 is 0 Å². The highest BCUT2D eigenvalue weighted by Gasteiger charge is 2.30. The van der Waals surface area contributed by atoms with Gasteiger partial charge in [-0.3, -0.25) is 14.4 Å². The van der Waals surface area contributed by atoms with Crippen LogP contribution in [0.5, 0.6) is 11.5 Å². The number of rotatable bonds is 10. The minimum absolute atomic E-state index is 0.101. The number of benzene rings is 2. The van der Waals surface area contributed by atoms with Gasteiger partial charge >= 0.3 is 11.9 Å². The van der Waals surface area contributed by atoms with Crippen LogP contribution in [0.1, 0.15) is 60.3 Å².